The van der Waals surface area contributed by atoms with Crippen LogP contribution in [-0.4, -0.2) is 45.2 Å². The number of likely N-dealkylation sites (N-methyl/N-ethyl adjacent to an activating group) is 2. The number of halogens is 1. The molecule has 0 saturated heterocycles. The third-order valence-corrected chi connectivity index (χ3v) is 5.38. The number of nitrogens with zero attached hydrogens (tertiary/aromatic N) is 2. The summed E-state index contributed by atoms with van der Waals surface area (Å²) in [5.74, 6) is 0. The SMILES string of the molecule is CNC(C)c1ccc(N(C)CC2(N(C)C)CCC2)c(Cl)c1. The van der Waals surface area contributed by atoms with E-state index < -0.39 is 0 Å². The van der Waals surface area contributed by atoms with E-state index in [1.54, 1.807) is 0 Å². The minimum Gasteiger partial charge on any atom is -0.372 e. The smallest absolute Gasteiger partial charge is 0.0642 e. The van der Waals surface area contributed by atoms with Crippen molar-refractivity contribution in [2.45, 2.75) is 37.8 Å². The zero-order valence-electron chi connectivity index (χ0n) is 13.9. The summed E-state index contributed by atoms with van der Waals surface area (Å²) in [7, 11) is 8.49. The summed E-state index contributed by atoms with van der Waals surface area (Å²) in [5.41, 5.74) is 2.66. The highest BCUT2D eigenvalue weighted by Gasteiger charge is 2.40. The Morgan fingerprint density at radius 3 is 2.38 bits per heavy atom. The molecule has 0 aromatic heterocycles. The van der Waals surface area contributed by atoms with Crippen LogP contribution in [0.2, 0.25) is 5.02 Å². The van der Waals surface area contributed by atoms with Gasteiger partial charge in [0.2, 0.25) is 0 Å². The molecule has 21 heavy (non-hydrogen) atoms. The second kappa shape index (κ2) is 6.55. The van der Waals surface area contributed by atoms with Gasteiger partial charge < -0.3 is 15.1 Å². The highest BCUT2D eigenvalue weighted by molar-refractivity contribution is 6.33. The summed E-state index contributed by atoms with van der Waals surface area (Å²) < 4.78 is 0. The maximum Gasteiger partial charge on any atom is 0.0642 e. The first kappa shape index (κ1) is 16.6. The van der Waals surface area contributed by atoms with Crippen molar-refractivity contribution in [1.82, 2.24) is 10.2 Å². The molecule has 0 amide bonds. The van der Waals surface area contributed by atoms with Crippen molar-refractivity contribution in [3.05, 3.63) is 28.8 Å². The number of hydrogen-bond acceptors (Lipinski definition) is 3. The molecule has 0 spiro atoms. The van der Waals surface area contributed by atoms with Crippen LogP contribution in [0.1, 0.15) is 37.8 Å². The Labute approximate surface area is 134 Å². The Bertz CT molecular complexity index is 483. The van der Waals surface area contributed by atoms with E-state index in [9.17, 15) is 0 Å². The van der Waals surface area contributed by atoms with Gasteiger partial charge in [-0.3, -0.25) is 0 Å². The lowest BCUT2D eigenvalue weighted by atomic mass is 9.75. The predicted molar refractivity (Wildman–Crippen MR) is 92.5 cm³/mol. The highest BCUT2D eigenvalue weighted by Crippen LogP contribution is 2.38. The molecule has 1 aromatic rings. The van der Waals surface area contributed by atoms with Gasteiger partial charge in [-0.1, -0.05) is 17.7 Å². The number of benzene rings is 1. The van der Waals surface area contributed by atoms with Gasteiger partial charge in [0.15, 0.2) is 0 Å². The molecule has 4 heteroatoms. The van der Waals surface area contributed by atoms with Crippen LogP contribution in [0.5, 0.6) is 0 Å². The molecule has 1 fully saturated rings. The van der Waals surface area contributed by atoms with Crippen molar-refractivity contribution in [2.24, 2.45) is 0 Å². The van der Waals surface area contributed by atoms with Crippen LogP contribution in [0.4, 0.5) is 5.69 Å². The topological polar surface area (TPSA) is 18.5 Å². The first-order chi connectivity index (χ1) is 9.89. The van der Waals surface area contributed by atoms with Gasteiger partial charge in [-0.15, -0.1) is 0 Å². The lowest BCUT2D eigenvalue weighted by molar-refractivity contribution is 0.0683. The molecule has 1 unspecified atom stereocenters. The zero-order chi connectivity index (χ0) is 15.6. The van der Waals surface area contributed by atoms with E-state index in [0.29, 0.717) is 11.6 Å². The molecule has 1 atom stereocenters. The summed E-state index contributed by atoms with van der Waals surface area (Å²) in [6.07, 6.45) is 3.88. The molecule has 1 saturated carbocycles. The average molecular weight is 310 g/mol. The third-order valence-electron chi connectivity index (χ3n) is 5.08. The Morgan fingerprint density at radius 2 is 1.95 bits per heavy atom. The van der Waals surface area contributed by atoms with Gasteiger partial charge in [0, 0.05) is 25.2 Å². The molecule has 118 valence electrons. The van der Waals surface area contributed by atoms with Crippen molar-refractivity contribution in [3.63, 3.8) is 0 Å². The van der Waals surface area contributed by atoms with Crippen LogP contribution in [0.3, 0.4) is 0 Å². The predicted octanol–water partition coefficient (Wildman–Crippen LogP) is 3.54. The fraction of sp³-hybridized carbons (Fsp3) is 0.647. The van der Waals surface area contributed by atoms with Gasteiger partial charge in [0.1, 0.15) is 0 Å². The van der Waals surface area contributed by atoms with Gasteiger partial charge in [-0.05, 0) is 65.0 Å². The number of hydrogen-bond donors (Lipinski definition) is 1. The van der Waals surface area contributed by atoms with E-state index in [0.717, 1.165) is 17.3 Å². The molecular weight excluding hydrogens is 282 g/mol. The van der Waals surface area contributed by atoms with Gasteiger partial charge in [-0.2, -0.15) is 0 Å². The lowest BCUT2D eigenvalue weighted by Gasteiger charge is -2.49. The first-order valence-corrected chi connectivity index (χ1v) is 8.13. The van der Waals surface area contributed by atoms with Crippen molar-refractivity contribution >= 4 is 17.3 Å². The molecule has 0 aliphatic heterocycles. The second-order valence-corrected chi connectivity index (χ2v) is 6.96. The summed E-state index contributed by atoms with van der Waals surface area (Å²) in [6.45, 7) is 3.17. The van der Waals surface area contributed by atoms with E-state index in [1.165, 1.54) is 24.8 Å². The normalized spacial score (nSPS) is 18.4. The van der Waals surface area contributed by atoms with Gasteiger partial charge in [0.25, 0.3) is 0 Å². The molecule has 1 N–H and O–H groups in total. The van der Waals surface area contributed by atoms with Gasteiger partial charge >= 0.3 is 0 Å². The van der Waals surface area contributed by atoms with Crippen molar-refractivity contribution in [3.8, 4) is 0 Å². The van der Waals surface area contributed by atoms with Crippen molar-refractivity contribution in [1.29, 1.82) is 0 Å². The van der Waals surface area contributed by atoms with Gasteiger partial charge in [0.05, 0.1) is 10.7 Å². The van der Waals surface area contributed by atoms with E-state index in [-0.39, 0.29) is 0 Å². The summed E-state index contributed by atoms with van der Waals surface area (Å²) >= 11 is 6.51. The minimum absolute atomic E-state index is 0.315. The van der Waals surface area contributed by atoms with E-state index >= 15 is 0 Å². The fourth-order valence-corrected chi connectivity index (χ4v) is 3.46. The minimum atomic E-state index is 0.315. The molecule has 2 rings (SSSR count). The number of rotatable bonds is 6. The van der Waals surface area contributed by atoms with E-state index in [4.69, 9.17) is 11.6 Å². The van der Waals surface area contributed by atoms with Crippen LogP contribution in [0.25, 0.3) is 0 Å². The largest absolute Gasteiger partial charge is 0.372 e. The number of anilines is 1. The van der Waals surface area contributed by atoms with Crippen molar-refractivity contribution in [2.75, 3.05) is 39.6 Å². The Balaban J connectivity index is 2.14. The third kappa shape index (κ3) is 3.36. The highest BCUT2D eigenvalue weighted by atomic mass is 35.5. The second-order valence-electron chi connectivity index (χ2n) is 6.55. The Hall–Kier alpha value is -0.770. The fourth-order valence-electron chi connectivity index (χ4n) is 3.13. The summed E-state index contributed by atoms with van der Waals surface area (Å²) in [4.78, 5) is 4.67. The van der Waals surface area contributed by atoms with Gasteiger partial charge in [-0.25, -0.2) is 0 Å². The first-order valence-electron chi connectivity index (χ1n) is 7.75. The summed E-state index contributed by atoms with van der Waals surface area (Å²) in [6, 6.07) is 6.72. The lowest BCUT2D eigenvalue weighted by Crippen LogP contribution is -2.56. The zero-order valence-corrected chi connectivity index (χ0v) is 14.7. The van der Waals surface area contributed by atoms with Crippen LogP contribution in [0.15, 0.2) is 18.2 Å². The van der Waals surface area contributed by atoms with Crippen molar-refractivity contribution < 1.29 is 0 Å². The van der Waals surface area contributed by atoms with E-state index in [2.05, 4.69) is 61.4 Å². The standard InChI is InChI=1S/C17H28ClN3/c1-13(19-2)14-7-8-16(15(18)11-14)21(5)12-17(20(3)4)9-6-10-17/h7-8,11,13,19H,6,9-10,12H2,1-5H3. The Kier molecular flexibility index (Phi) is 5.18. The molecule has 1 aliphatic rings. The monoisotopic (exact) mass is 309 g/mol. The molecule has 1 aromatic carbocycles. The molecule has 1 aliphatic carbocycles. The molecule has 0 bridgehead atoms. The van der Waals surface area contributed by atoms with E-state index in [1.807, 2.05) is 7.05 Å². The maximum absolute atomic E-state index is 6.51. The van der Waals surface area contributed by atoms with Crippen LogP contribution >= 0.6 is 11.6 Å². The van der Waals surface area contributed by atoms with Crippen LogP contribution in [0, 0.1) is 0 Å². The summed E-state index contributed by atoms with van der Waals surface area (Å²) in [5, 5.41) is 4.09. The maximum atomic E-state index is 6.51. The molecule has 0 heterocycles. The average Bonchev–Trinajstić information content (AvgIpc) is 2.41. The molecule has 3 nitrogen and oxygen atoms in total. The Morgan fingerprint density at radius 1 is 1.29 bits per heavy atom. The quantitative estimate of drug-likeness (QED) is 0.867. The number of nitrogens with one attached hydrogen (secondary N) is 1. The molecule has 0 radical (unpaired) electrons. The van der Waals surface area contributed by atoms with Crippen LogP contribution in [-0.2, 0) is 0 Å². The van der Waals surface area contributed by atoms with Crippen LogP contribution < -0.4 is 10.2 Å². The molecular formula is C17H28ClN3.